The van der Waals surface area contributed by atoms with Crippen LogP contribution in [0.15, 0.2) is 96.6 Å². The number of nitrogens with zero attached hydrogens (tertiary/aromatic N) is 10. The first-order chi connectivity index (χ1) is 40.5. The normalized spacial score (nSPS) is 17.6. The maximum atomic E-state index is 14.9. The van der Waals surface area contributed by atoms with E-state index in [9.17, 15) is 44.7 Å². The zero-order valence-corrected chi connectivity index (χ0v) is 49.2. The predicted molar refractivity (Wildman–Crippen MR) is 310 cm³/mol. The zero-order valence-electron chi connectivity index (χ0n) is 48.5. The van der Waals surface area contributed by atoms with Crippen LogP contribution in [0.25, 0.3) is 33.6 Å². The van der Waals surface area contributed by atoms with Gasteiger partial charge in [-0.1, -0.05) is 23.8 Å². The molecular weight excluding hydrogens is 1160 g/mol. The van der Waals surface area contributed by atoms with Crippen LogP contribution in [0.4, 0.5) is 67.7 Å². The number of rotatable bonds is 8. The number of amides is 4. The third-order valence-electron chi connectivity index (χ3n) is 15.4. The number of morpholine rings is 2. The lowest BCUT2D eigenvalue weighted by Gasteiger charge is -2.32. The summed E-state index contributed by atoms with van der Waals surface area (Å²) in [6, 6.07) is 11.3. The summed E-state index contributed by atoms with van der Waals surface area (Å²) in [5.41, 5.74) is 3.37. The first-order valence-corrected chi connectivity index (χ1v) is 27.8. The maximum Gasteiger partial charge on any atom is 0.495 e. The molecule has 5 aliphatic rings. The summed E-state index contributed by atoms with van der Waals surface area (Å²) in [7, 11) is 2.93. The Balaban J connectivity index is 0.000000163. The van der Waals surface area contributed by atoms with Crippen LogP contribution in [0.2, 0.25) is 5.02 Å². The van der Waals surface area contributed by atoms with Gasteiger partial charge in [0.1, 0.15) is 23.3 Å². The van der Waals surface area contributed by atoms with Crippen molar-refractivity contribution in [3.05, 3.63) is 124 Å². The number of nitrogens with one attached hydrogen (secondary N) is 2. The second-order valence-electron chi connectivity index (χ2n) is 22.1. The molecule has 2 aromatic carbocycles. The molecule has 0 atom stereocenters. The van der Waals surface area contributed by atoms with Crippen LogP contribution in [0.3, 0.4) is 0 Å². The molecular formula is C58H64BClF8N12O6. The SMILES string of the molecule is Cc1cc(F)c(NC(=O)N2CC=C(C(F)(F)F)C2)cc1-c1cc(-c2cnn(C)c2)nc(N2CCOCC2)c1.Cc1cc(F)c(NC(=O)N2CC=C(C(F)(F)F)C2)cc1B1OC(C)(C)C(C)(C)O1.Cn1cc(-c2cc(Cl)cc(N3CCOCC3)n2)cn1. The molecule has 4 aromatic heterocycles. The zero-order chi connectivity index (χ0) is 62.0. The average molecular weight is 1220 g/mol. The molecule has 18 nitrogen and oxygen atoms in total. The van der Waals surface area contributed by atoms with Crippen molar-refractivity contribution in [3.8, 4) is 33.6 Å². The first kappa shape index (κ1) is 62.9. The first-order valence-electron chi connectivity index (χ1n) is 27.5. The van der Waals surface area contributed by atoms with E-state index >= 15 is 0 Å². The van der Waals surface area contributed by atoms with Crippen molar-refractivity contribution in [1.29, 1.82) is 0 Å². The highest BCUT2D eigenvalue weighted by atomic mass is 35.5. The molecule has 86 heavy (non-hydrogen) atoms. The summed E-state index contributed by atoms with van der Waals surface area (Å²) >= 11 is 6.20. The number of urea groups is 2. The largest absolute Gasteiger partial charge is 0.495 e. The molecule has 2 N–H and O–H groups in total. The Labute approximate surface area is 496 Å². The highest BCUT2D eigenvalue weighted by molar-refractivity contribution is 6.62. The van der Waals surface area contributed by atoms with Gasteiger partial charge < -0.3 is 49.0 Å². The summed E-state index contributed by atoms with van der Waals surface area (Å²) in [5.74, 6) is 0.244. The Morgan fingerprint density at radius 2 is 1.05 bits per heavy atom. The fourth-order valence-corrected chi connectivity index (χ4v) is 9.98. The fourth-order valence-electron chi connectivity index (χ4n) is 9.77. The van der Waals surface area contributed by atoms with Gasteiger partial charge in [-0.2, -0.15) is 36.5 Å². The lowest BCUT2D eigenvalue weighted by Crippen LogP contribution is -2.41. The number of carbonyl (C=O) groups excluding carboxylic acids is 2. The van der Waals surface area contributed by atoms with Crippen molar-refractivity contribution >= 4 is 59.3 Å². The number of aromatic nitrogens is 6. The molecule has 0 saturated carbocycles. The molecule has 0 aliphatic carbocycles. The highest BCUT2D eigenvalue weighted by Gasteiger charge is 2.52. The van der Waals surface area contributed by atoms with Crippen LogP contribution in [-0.2, 0) is 32.9 Å². The van der Waals surface area contributed by atoms with Crippen molar-refractivity contribution in [2.75, 3.05) is 99.2 Å². The Kier molecular flexibility index (Phi) is 18.6. The topological polar surface area (TPSA) is 170 Å². The molecule has 4 amide bonds. The Hall–Kier alpha value is -7.59. The van der Waals surface area contributed by atoms with Crippen molar-refractivity contribution in [2.24, 2.45) is 14.1 Å². The number of hydrogen-bond donors (Lipinski definition) is 2. The number of pyridine rings is 2. The highest BCUT2D eigenvalue weighted by Crippen LogP contribution is 2.39. The molecule has 0 bridgehead atoms. The van der Waals surface area contributed by atoms with Gasteiger partial charge in [-0.15, -0.1) is 0 Å². The van der Waals surface area contributed by atoms with E-state index < -0.39 is 78.6 Å². The number of carbonyl (C=O) groups is 2. The minimum absolute atomic E-state index is 0.122. The maximum absolute atomic E-state index is 14.9. The number of ether oxygens (including phenoxy) is 2. The third kappa shape index (κ3) is 14.8. The Bertz CT molecular complexity index is 3530. The van der Waals surface area contributed by atoms with Crippen LogP contribution in [0, 0.1) is 25.5 Å². The van der Waals surface area contributed by atoms with E-state index in [1.165, 1.54) is 24.3 Å². The number of alkyl halides is 6. The van der Waals surface area contributed by atoms with Crippen LogP contribution < -0.4 is 25.9 Å². The van der Waals surface area contributed by atoms with Gasteiger partial charge in [0.05, 0.1) is 97.0 Å². The van der Waals surface area contributed by atoms with Crippen molar-refractivity contribution in [3.63, 3.8) is 0 Å². The molecule has 3 saturated heterocycles. The van der Waals surface area contributed by atoms with Gasteiger partial charge in [-0.05, 0) is 118 Å². The lowest BCUT2D eigenvalue weighted by atomic mass is 9.76. The number of anilines is 4. The molecule has 3 fully saturated rings. The van der Waals surface area contributed by atoms with Gasteiger partial charge in [0.15, 0.2) is 0 Å². The molecule has 458 valence electrons. The molecule has 28 heteroatoms. The predicted octanol–water partition coefficient (Wildman–Crippen LogP) is 10.5. The van der Waals surface area contributed by atoms with Gasteiger partial charge in [-0.25, -0.2) is 28.3 Å². The third-order valence-corrected chi connectivity index (χ3v) is 15.6. The Morgan fingerprint density at radius 3 is 1.49 bits per heavy atom. The number of hydrogen-bond acceptors (Lipinski definition) is 12. The lowest BCUT2D eigenvalue weighted by molar-refractivity contribution is -0.0938. The van der Waals surface area contributed by atoms with Crippen LogP contribution in [0.1, 0.15) is 38.8 Å². The molecule has 0 unspecified atom stereocenters. The van der Waals surface area contributed by atoms with Crippen molar-refractivity contribution in [1.82, 2.24) is 39.3 Å². The van der Waals surface area contributed by atoms with E-state index in [0.717, 1.165) is 82.3 Å². The van der Waals surface area contributed by atoms with Crippen LogP contribution in [0.5, 0.6) is 0 Å². The summed E-state index contributed by atoms with van der Waals surface area (Å²) in [4.78, 5) is 40.8. The molecule has 5 aliphatic heterocycles. The van der Waals surface area contributed by atoms with Crippen molar-refractivity contribution < 1.29 is 63.5 Å². The smallest absolute Gasteiger partial charge is 0.399 e. The molecule has 11 rings (SSSR count). The molecule has 9 heterocycles. The average Bonchev–Trinajstić information content (AvgIpc) is 1.98. The monoisotopic (exact) mass is 1220 g/mol. The summed E-state index contributed by atoms with van der Waals surface area (Å²) in [6.45, 7) is 15.0. The minimum Gasteiger partial charge on any atom is -0.399 e. The standard InChI is InChI=1S/C26H26F4N6O2.C19H23BF4N2O3.C13H15ClN4O/c1-16-9-21(27)23(33-25(37)36-4-3-19(15-36)26(28,29)30)12-20(16)17-10-22(18-13-31-34(2)14-18)32-24(11-17)35-5-7-38-8-6-35;1-11-8-14(21)15(9-13(11)20-28-17(2,3)18(4,5)29-20)25-16(27)26-7-6-12(10-26)19(22,23)24;1-17-9-10(8-15-17)12-6-11(14)7-13(16-12)18-2-4-19-5-3-18/h3,9-14H,4-8,15H2,1-2H3,(H,33,37);6,8-9H,7,10H2,1-5H3,(H,25,27);6-9H,2-5H2,1H3. The fraction of sp³-hybridized carbons (Fsp3) is 0.414. The van der Waals surface area contributed by atoms with Gasteiger partial charge >= 0.3 is 31.5 Å². The quantitative estimate of drug-likeness (QED) is 0.0842. The minimum atomic E-state index is -4.51. The second kappa shape index (κ2) is 25.4. The van der Waals surface area contributed by atoms with Gasteiger partial charge in [-0.3, -0.25) is 9.36 Å². The van der Waals surface area contributed by atoms with E-state index in [2.05, 4.69) is 35.6 Å². The second-order valence-corrected chi connectivity index (χ2v) is 22.6. The van der Waals surface area contributed by atoms with Gasteiger partial charge in [0.2, 0.25) is 0 Å². The number of halogens is 9. The van der Waals surface area contributed by atoms with Gasteiger partial charge in [0, 0.05) is 81.9 Å². The number of aryl methyl sites for hydroxylation is 4. The van der Waals surface area contributed by atoms with E-state index in [1.807, 2.05) is 78.4 Å². The molecule has 6 aromatic rings. The molecule has 0 spiro atoms. The van der Waals surface area contributed by atoms with E-state index in [1.54, 1.807) is 35.6 Å². The van der Waals surface area contributed by atoms with E-state index in [0.29, 0.717) is 59.2 Å². The van der Waals surface area contributed by atoms with Crippen LogP contribution >= 0.6 is 11.6 Å². The summed E-state index contributed by atoms with van der Waals surface area (Å²) in [5, 5.41) is 13.9. The van der Waals surface area contributed by atoms with E-state index in [-0.39, 0.29) is 24.5 Å². The summed E-state index contributed by atoms with van der Waals surface area (Å²) < 4.78 is 133. The van der Waals surface area contributed by atoms with Crippen LogP contribution in [-0.4, -0.2) is 161 Å². The summed E-state index contributed by atoms with van der Waals surface area (Å²) in [6.07, 6.45) is 0.178. The van der Waals surface area contributed by atoms with E-state index in [4.69, 9.17) is 35.4 Å². The van der Waals surface area contributed by atoms with Gasteiger partial charge in [0.25, 0.3) is 0 Å². The molecule has 0 radical (unpaired) electrons. The Morgan fingerprint density at radius 1 is 0.605 bits per heavy atom. The number of benzene rings is 2. The van der Waals surface area contributed by atoms with Crippen molar-refractivity contribution in [2.45, 2.75) is 65.1 Å².